The van der Waals surface area contributed by atoms with E-state index in [4.69, 9.17) is 0 Å². The van der Waals surface area contributed by atoms with Gasteiger partial charge in [0.2, 0.25) is 0 Å². The van der Waals surface area contributed by atoms with Crippen molar-refractivity contribution in [1.29, 1.82) is 0 Å². The Labute approximate surface area is 191 Å². The second-order valence-electron chi connectivity index (χ2n) is 9.17. The van der Waals surface area contributed by atoms with Gasteiger partial charge in [0, 0.05) is 10.8 Å². The molecule has 1 unspecified atom stereocenters. The number of nitrogens with one attached hydrogen (secondary N) is 1. The maximum Gasteiger partial charge on any atom is 0.0503 e. The predicted octanol–water partition coefficient (Wildman–Crippen LogP) is 8.77. The number of aryl methyl sites for hydroxylation is 4. The topological polar surface area (TPSA) is 15.8 Å². The van der Waals surface area contributed by atoms with Crippen molar-refractivity contribution in [2.24, 2.45) is 0 Å². The van der Waals surface area contributed by atoms with Crippen molar-refractivity contribution in [3.63, 3.8) is 0 Å². The number of fused-ring (bicyclic) bond motifs is 3. The minimum absolute atomic E-state index is 0.611. The van der Waals surface area contributed by atoms with Crippen molar-refractivity contribution < 1.29 is 0 Å². The summed E-state index contributed by atoms with van der Waals surface area (Å²) in [5.74, 6) is 0.611. The van der Waals surface area contributed by atoms with Crippen LogP contribution in [0.3, 0.4) is 0 Å². The van der Waals surface area contributed by atoms with E-state index in [1.54, 1.807) is 55.3 Å². The second kappa shape index (κ2) is 9.80. The van der Waals surface area contributed by atoms with Gasteiger partial charge in [-0.25, -0.2) is 0 Å². The van der Waals surface area contributed by atoms with E-state index < -0.39 is 0 Å². The Hall–Kier alpha value is -1.76. The molecule has 0 radical (unpaired) electrons. The zero-order valence-electron chi connectivity index (χ0n) is 21.7. The number of hydrogen-bond acceptors (Lipinski definition) is 0. The molecule has 0 saturated heterocycles. The zero-order valence-corrected chi connectivity index (χ0v) is 21.7. The molecule has 0 amide bonds. The Morgan fingerprint density at radius 2 is 0.871 bits per heavy atom. The third kappa shape index (κ3) is 3.53. The minimum Gasteiger partial charge on any atom is -0.354 e. The van der Waals surface area contributed by atoms with Crippen LogP contribution in [-0.2, 0) is 44.9 Å². The molecule has 0 aliphatic carbocycles. The van der Waals surface area contributed by atoms with Crippen molar-refractivity contribution in [2.45, 2.75) is 120 Å². The highest BCUT2D eigenvalue weighted by Gasteiger charge is 2.26. The molecule has 1 heterocycles. The number of benzene rings is 2. The lowest BCUT2D eigenvalue weighted by molar-refractivity contribution is 0.712. The first kappa shape index (κ1) is 23.9. The lowest BCUT2D eigenvalue weighted by Crippen LogP contribution is -2.08. The van der Waals surface area contributed by atoms with Crippen LogP contribution in [0, 0.1) is 0 Å². The van der Waals surface area contributed by atoms with Gasteiger partial charge in [-0.3, -0.25) is 0 Å². The first-order chi connectivity index (χ1) is 15.0. The molecular weight excluding hydrogens is 374 g/mol. The summed E-state index contributed by atoms with van der Waals surface area (Å²) in [5, 5.41) is 3.11. The molecule has 0 saturated carbocycles. The van der Waals surface area contributed by atoms with Crippen LogP contribution in [0.25, 0.3) is 21.8 Å². The molecule has 0 bridgehead atoms. The van der Waals surface area contributed by atoms with Crippen molar-refractivity contribution in [1.82, 2.24) is 4.98 Å². The summed E-state index contributed by atoms with van der Waals surface area (Å²) in [7, 11) is 0. The molecular formula is C30H45N. The Kier molecular flexibility index (Phi) is 7.55. The van der Waals surface area contributed by atoms with Gasteiger partial charge < -0.3 is 4.98 Å². The summed E-state index contributed by atoms with van der Waals surface area (Å²) in [6, 6.07) is 0. The summed E-state index contributed by atoms with van der Waals surface area (Å²) in [6.45, 7) is 21.3. The maximum atomic E-state index is 4.06. The van der Waals surface area contributed by atoms with E-state index in [0.29, 0.717) is 5.92 Å². The lowest BCUT2D eigenvalue weighted by Gasteiger charge is -2.24. The molecule has 3 aromatic rings. The number of rotatable bonds is 9. The number of aromatic nitrogens is 1. The molecule has 0 aliphatic heterocycles. The average molecular weight is 420 g/mol. The molecule has 3 rings (SSSR count). The van der Waals surface area contributed by atoms with Crippen LogP contribution in [0.15, 0.2) is 0 Å². The number of hydrogen-bond donors (Lipinski definition) is 1. The fraction of sp³-hybridized carbons (Fsp3) is 0.600. The van der Waals surface area contributed by atoms with Gasteiger partial charge in [-0.2, -0.15) is 0 Å². The van der Waals surface area contributed by atoms with Gasteiger partial charge in [0.25, 0.3) is 0 Å². The normalized spacial score (nSPS) is 12.9. The van der Waals surface area contributed by atoms with E-state index in [1.165, 1.54) is 17.5 Å². The monoisotopic (exact) mass is 419 g/mol. The van der Waals surface area contributed by atoms with Crippen LogP contribution in [-0.4, -0.2) is 4.98 Å². The highest BCUT2D eigenvalue weighted by molar-refractivity contribution is 6.14. The quantitative estimate of drug-likeness (QED) is 0.357. The van der Waals surface area contributed by atoms with Crippen LogP contribution in [0.5, 0.6) is 0 Å². The zero-order chi connectivity index (χ0) is 22.9. The first-order valence-electron chi connectivity index (χ1n) is 13.2. The smallest absolute Gasteiger partial charge is 0.0503 e. The molecule has 2 aromatic carbocycles. The SMILES string of the molecule is CCc1c(CC)c(CC)c2c([nH]c3c(CC)c(C(C)CC)c(CC)c(CC)c32)c1CC. The van der Waals surface area contributed by atoms with E-state index in [0.717, 1.165) is 44.9 Å². The lowest BCUT2D eigenvalue weighted by atomic mass is 9.80. The number of aromatic amines is 1. The fourth-order valence-corrected chi connectivity index (χ4v) is 6.45. The highest BCUT2D eigenvalue weighted by atomic mass is 14.7. The molecule has 1 heteroatoms. The van der Waals surface area contributed by atoms with Crippen LogP contribution in [0.2, 0.25) is 0 Å². The van der Waals surface area contributed by atoms with Gasteiger partial charge in [-0.1, -0.05) is 62.3 Å². The third-order valence-corrected chi connectivity index (χ3v) is 7.89. The average Bonchev–Trinajstić information content (AvgIpc) is 3.19. The maximum absolute atomic E-state index is 4.06. The second-order valence-corrected chi connectivity index (χ2v) is 9.17. The van der Waals surface area contributed by atoms with Gasteiger partial charge >= 0.3 is 0 Å². The van der Waals surface area contributed by atoms with Crippen LogP contribution < -0.4 is 0 Å². The standard InChI is InChI=1S/C30H45N/c1-10-18(9)26-22(14-5)23(15-6)28-27-21(13-4)19(11-2)20(12-3)24(16-7)29(27)31-30(28)25(26)17-8/h18,31H,10-17H2,1-9H3. The van der Waals surface area contributed by atoms with E-state index in [1.807, 2.05) is 0 Å². The highest BCUT2D eigenvalue weighted by Crippen LogP contribution is 2.44. The predicted molar refractivity (Wildman–Crippen MR) is 140 cm³/mol. The summed E-state index contributed by atoms with van der Waals surface area (Å²) in [6.07, 6.45) is 9.03. The van der Waals surface area contributed by atoms with Crippen LogP contribution in [0.4, 0.5) is 0 Å². The van der Waals surface area contributed by atoms with Gasteiger partial charge in [0.1, 0.15) is 0 Å². The van der Waals surface area contributed by atoms with Crippen molar-refractivity contribution >= 4 is 21.8 Å². The van der Waals surface area contributed by atoms with E-state index in [2.05, 4.69) is 67.3 Å². The van der Waals surface area contributed by atoms with Crippen molar-refractivity contribution in [2.75, 3.05) is 0 Å². The Morgan fingerprint density at radius 3 is 1.29 bits per heavy atom. The fourth-order valence-electron chi connectivity index (χ4n) is 6.45. The molecule has 1 nitrogen and oxygen atoms in total. The molecule has 31 heavy (non-hydrogen) atoms. The van der Waals surface area contributed by atoms with E-state index in [9.17, 15) is 0 Å². The molecule has 0 fully saturated rings. The van der Waals surface area contributed by atoms with Crippen molar-refractivity contribution in [3.8, 4) is 0 Å². The third-order valence-electron chi connectivity index (χ3n) is 7.89. The van der Waals surface area contributed by atoms with Gasteiger partial charge in [-0.05, 0) is 102 Å². The minimum atomic E-state index is 0.611. The van der Waals surface area contributed by atoms with Gasteiger partial charge in [-0.15, -0.1) is 0 Å². The summed E-state index contributed by atoms with van der Waals surface area (Å²) in [5.41, 5.74) is 15.8. The molecule has 1 N–H and O–H groups in total. The van der Waals surface area contributed by atoms with Gasteiger partial charge in [0.05, 0.1) is 11.0 Å². The van der Waals surface area contributed by atoms with Crippen LogP contribution in [0.1, 0.15) is 119 Å². The molecule has 170 valence electrons. The summed E-state index contributed by atoms with van der Waals surface area (Å²) < 4.78 is 0. The summed E-state index contributed by atoms with van der Waals surface area (Å²) >= 11 is 0. The van der Waals surface area contributed by atoms with E-state index in [-0.39, 0.29) is 0 Å². The Balaban J connectivity index is 2.72. The number of H-pyrrole nitrogens is 1. The molecule has 0 aliphatic rings. The molecule has 1 atom stereocenters. The largest absolute Gasteiger partial charge is 0.354 e. The Morgan fingerprint density at radius 1 is 0.484 bits per heavy atom. The van der Waals surface area contributed by atoms with Gasteiger partial charge in [0.15, 0.2) is 0 Å². The first-order valence-corrected chi connectivity index (χ1v) is 13.2. The molecule has 0 spiro atoms. The Bertz CT molecular complexity index is 1080. The van der Waals surface area contributed by atoms with Crippen LogP contribution >= 0.6 is 0 Å². The van der Waals surface area contributed by atoms with Crippen molar-refractivity contribution in [3.05, 3.63) is 44.5 Å². The summed E-state index contributed by atoms with van der Waals surface area (Å²) in [4.78, 5) is 4.06. The van der Waals surface area contributed by atoms with E-state index >= 15 is 0 Å². The molecule has 1 aromatic heterocycles.